The monoisotopic (exact) mass is 1020 g/mol. The topological polar surface area (TPSA) is 194 Å². The first-order valence-electron chi connectivity index (χ1n) is 24.3. The molecule has 0 radical (unpaired) electrons. The Balaban J connectivity index is 1.06. The molecular weight excluding hydrogens is 952 g/mol. The summed E-state index contributed by atoms with van der Waals surface area (Å²) in [5, 5.41) is 33.9. The number of fused-ring (bicyclic) bond motifs is 9. The molecule has 378 valence electrons. The quantitative estimate of drug-likeness (QED) is 0.104. The molecule has 8 bridgehead atoms. The highest BCUT2D eigenvalue weighted by molar-refractivity contribution is 9.11. The van der Waals surface area contributed by atoms with Crippen molar-refractivity contribution in [2.45, 2.75) is 177 Å². The number of allylic oxidation sites excluding steroid dienone is 2. The van der Waals surface area contributed by atoms with E-state index in [1.165, 1.54) is 12.3 Å². The van der Waals surface area contributed by atoms with Crippen LogP contribution in [-0.2, 0) is 44.4 Å². The van der Waals surface area contributed by atoms with Gasteiger partial charge < -0.3 is 57.3 Å². The lowest BCUT2D eigenvalue weighted by Gasteiger charge is -2.44. The van der Waals surface area contributed by atoms with Crippen LogP contribution in [0.1, 0.15) is 121 Å². The second kappa shape index (κ2) is 24.5. The van der Waals surface area contributed by atoms with Gasteiger partial charge in [0.1, 0.15) is 36.1 Å². The van der Waals surface area contributed by atoms with Crippen LogP contribution in [-0.4, -0.2) is 118 Å². The number of oxazole rings is 2. The van der Waals surface area contributed by atoms with E-state index in [0.717, 1.165) is 16.7 Å². The van der Waals surface area contributed by atoms with E-state index in [2.05, 4.69) is 22.5 Å². The predicted molar refractivity (Wildman–Crippen MR) is 261 cm³/mol. The summed E-state index contributed by atoms with van der Waals surface area (Å²) >= 11 is 3.28. The lowest BCUT2D eigenvalue weighted by molar-refractivity contribution is -0.286. The number of aliphatic hydroxyl groups excluding tert-OH is 2. The number of methoxy groups -OCH3 is 2. The largest absolute Gasteiger partial charge is 0.458 e. The molecule has 0 aromatic carbocycles. The minimum atomic E-state index is -1.73. The molecule has 0 saturated carbocycles. The molecule has 0 aliphatic carbocycles. The molecule has 7 rings (SSSR count). The summed E-state index contributed by atoms with van der Waals surface area (Å²) in [6, 6.07) is 0. The molecule has 2 aromatic heterocycles. The standard InChI is InChI=1S/C53H71BrN2O13/c1-31(16-17-38(61-6)12-10-18-54)21-44(58)47-26-42(62-7)27-53(60,69-47)28-49-55-36(29-63-49)22-33(3)51-35(5)52-34(4)45(67-51)13-9-14-48-56-43(30-64-48)46-24-37(57)23-41(66-46)25-40-20-32(2)19-39(65-40)11-8-15-50(59)68-52/h8-10,14-18,21-22,29-30,34-35,37-42,44-47,51-52,57-58,60H,2,11-13,19-20,23-28H2,1,3-7H3/b14-9+,15-8-,17-16+,18-10+,31-21+,33-22+/t34-,35-,37+,38+,39?,40?,41-,42+,44+,45+,46+,47+,51-,52-,53-/m0/s1. The molecule has 4 saturated heterocycles. The van der Waals surface area contributed by atoms with E-state index >= 15 is 0 Å². The van der Waals surface area contributed by atoms with E-state index in [4.69, 9.17) is 52.0 Å². The number of halogens is 1. The minimum Gasteiger partial charge on any atom is -0.458 e. The average Bonchev–Trinajstić information content (AvgIpc) is 3.96. The van der Waals surface area contributed by atoms with Crippen LogP contribution in [0.5, 0.6) is 0 Å². The fraction of sp³-hybridized carbons (Fsp3) is 0.604. The van der Waals surface area contributed by atoms with E-state index in [1.807, 2.05) is 64.2 Å². The molecule has 15 atom stereocenters. The van der Waals surface area contributed by atoms with Gasteiger partial charge in [-0.25, -0.2) is 14.8 Å². The van der Waals surface area contributed by atoms with Crippen LogP contribution >= 0.6 is 15.9 Å². The Kier molecular flexibility index (Phi) is 18.9. The summed E-state index contributed by atoms with van der Waals surface area (Å²) in [7, 11) is 3.22. The Morgan fingerprint density at radius 1 is 0.986 bits per heavy atom. The molecule has 5 aliphatic heterocycles. The lowest BCUT2D eigenvalue weighted by Crippen LogP contribution is -2.51. The molecule has 16 heteroatoms. The predicted octanol–water partition coefficient (Wildman–Crippen LogP) is 8.76. The molecular formula is C53H71BrN2O13. The van der Waals surface area contributed by atoms with Crippen molar-refractivity contribution in [2.75, 3.05) is 14.2 Å². The van der Waals surface area contributed by atoms with Crippen molar-refractivity contribution in [1.29, 1.82) is 0 Å². The van der Waals surface area contributed by atoms with E-state index in [1.54, 1.807) is 37.6 Å². The Morgan fingerprint density at radius 3 is 2.57 bits per heavy atom. The number of carbonyl (C=O) groups excluding carboxylic acids is 1. The van der Waals surface area contributed by atoms with Crippen molar-refractivity contribution in [1.82, 2.24) is 9.97 Å². The number of hydrogen-bond acceptors (Lipinski definition) is 15. The zero-order chi connectivity index (χ0) is 49.2. The molecule has 0 spiro atoms. The fourth-order valence-corrected chi connectivity index (χ4v) is 10.6. The van der Waals surface area contributed by atoms with Crippen molar-refractivity contribution in [3.63, 3.8) is 0 Å². The molecule has 2 aromatic rings. The SMILES string of the molecule is C=C1CC2C/C=C\C(=O)O[C@H]3[C@@H](C)[C@@H](C/C=C/c4nc(co4)[C@H]4C[C@H](O)C[C@@H](CC(C1)O2)O4)O[C@@H](/C(C)=C/c1coc(C[C@]2(O)C[C@H](OC)C[C@H]([C@H](O)/C=C(C)/C=C/[C@@H](C/C=C/Br)OC)O2)n1)[C@@H]3C. The normalized spacial score (nSPS) is 36.1. The molecule has 0 amide bonds. The van der Waals surface area contributed by atoms with Crippen LogP contribution in [0.25, 0.3) is 12.2 Å². The van der Waals surface area contributed by atoms with Crippen LogP contribution in [0.4, 0.5) is 0 Å². The summed E-state index contributed by atoms with van der Waals surface area (Å²) in [5.74, 6) is -1.95. The number of carbonyl (C=O) groups is 1. The third-order valence-corrected chi connectivity index (χ3v) is 14.2. The molecule has 4 fully saturated rings. The summed E-state index contributed by atoms with van der Waals surface area (Å²) in [4.78, 5) is 24.8. The van der Waals surface area contributed by atoms with Gasteiger partial charge in [0.2, 0.25) is 5.89 Å². The van der Waals surface area contributed by atoms with Gasteiger partial charge in [-0.1, -0.05) is 84.0 Å². The molecule has 69 heavy (non-hydrogen) atoms. The van der Waals surface area contributed by atoms with Crippen LogP contribution in [0.3, 0.4) is 0 Å². The van der Waals surface area contributed by atoms with Crippen LogP contribution in [0, 0.1) is 11.8 Å². The van der Waals surface area contributed by atoms with Gasteiger partial charge in [-0.05, 0) is 75.1 Å². The van der Waals surface area contributed by atoms with Crippen LogP contribution in [0.2, 0.25) is 0 Å². The maximum absolute atomic E-state index is 13.6. The smallest absolute Gasteiger partial charge is 0.330 e. The molecule has 2 unspecified atom stereocenters. The van der Waals surface area contributed by atoms with Gasteiger partial charge in [-0.3, -0.25) is 0 Å². The van der Waals surface area contributed by atoms with Crippen molar-refractivity contribution < 1.29 is 62.1 Å². The second-order valence-corrected chi connectivity index (χ2v) is 20.0. The number of nitrogens with zero attached hydrogens (tertiary/aromatic N) is 2. The fourth-order valence-electron chi connectivity index (χ4n) is 10.4. The summed E-state index contributed by atoms with van der Waals surface area (Å²) in [5.41, 5.74) is 3.86. The van der Waals surface area contributed by atoms with Gasteiger partial charge in [0, 0.05) is 57.8 Å². The van der Waals surface area contributed by atoms with Crippen molar-refractivity contribution in [2.24, 2.45) is 11.8 Å². The van der Waals surface area contributed by atoms with Gasteiger partial charge in [0.15, 0.2) is 11.7 Å². The van der Waals surface area contributed by atoms with Gasteiger partial charge >= 0.3 is 5.97 Å². The van der Waals surface area contributed by atoms with Gasteiger partial charge in [-0.15, -0.1) is 0 Å². The maximum atomic E-state index is 13.6. The van der Waals surface area contributed by atoms with Gasteiger partial charge in [-0.2, -0.15) is 0 Å². The number of rotatable bonds is 12. The number of ether oxygens (including phenoxy) is 7. The van der Waals surface area contributed by atoms with Crippen molar-refractivity contribution in [3.8, 4) is 0 Å². The number of aromatic nitrogens is 2. The van der Waals surface area contributed by atoms with Crippen LogP contribution < -0.4 is 0 Å². The molecule has 5 aliphatic rings. The first-order valence-corrected chi connectivity index (χ1v) is 25.2. The van der Waals surface area contributed by atoms with E-state index in [9.17, 15) is 20.1 Å². The highest BCUT2D eigenvalue weighted by Crippen LogP contribution is 2.40. The molecule has 3 N–H and O–H groups in total. The number of aliphatic hydroxyl groups is 3. The summed E-state index contributed by atoms with van der Waals surface area (Å²) in [6.07, 6.45) is 19.5. The second-order valence-electron chi connectivity index (χ2n) is 19.5. The summed E-state index contributed by atoms with van der Waals surface area (Å²) in [6.45, 7) is 12.2. The number of esters is 1. The average molecular weight is 1020 g/mol. The zero-order valence-electron chi connectivity index (χ0n) is 40.7. The molecule has 7 heterocycles. The zero-order valence-corrected chi connectivity index (χ0v) is 42.3. The van der Waals surface area contributed by atoms with Crippen molar-refractivity contribution >= 4 is 34.1 Å². The Bertz CT molecular complexity index is 2210. The van der Waals surface area contributed by atoms with E-state index < -0.39 is 48.4 Å². The highest BCUT2D eigenvalue weighted by atomic mass is 79.9. The van der Waals surface area contributed by atoms with Gasteiger partial charge in [0.05, 0.1) is 67.5 Å². The Labute approximate surface area is 414 Å². The minimum absolute atomic E-state index is 0.0830. The molecule has 15 nitrogen and oxygen atoms in total. The number of hydrogen-bond donors (Lipinski definition) is 3. The third-order valence-electron chi connectivity index (χ3n) is 13.9. The van der Waals surface area contributed by atoms with E-state index in [-0.39, 0.29) is 67.2 Å². The maximum Gasteiger partial charge on any atom is 0.330 e. The van der Waals surface area contributed by atoms with Gasteiger partial charge in [0.25, 0.3) is 0 Å². The Hall–Kier alpha value is -3.81. The highest BCUT2D eigenvalue weighted by Gasteiger charge is 2.45. The first-order chi connectivity index (χ1) is 33.1. The third kappa shape index (κ3) is 14.6. The van der Waals surface area contributed by atoms with E-state index in [0.29, 0.717) is 75.1 Å². The van der Waals surface area contributed by atoms with Crippen LogP contribution in [0.15, 0.2) is 92.2 Å². The Morgan fingerprint density at radius 2 is 1.78 bits per heavy atom. The lowest BCUT2D eigenvalue weighted by atomic mass is 9.79. The van der Waals surface area contributed by atoms with Crippen molar-refractivity contribution in [3.05, 3.63) is 107 Å². The summed E-state index contributed by atoms with van der Waals surface area (Å²) < 4.78 is 55.2. The first kappa shape index (κ1) is 53.0.